The molecule has 2 rings (SSSR count). The maximum absolute atomic E-state index is 12.5. The molecular weight excluding hydrogens is 308 g/mol. The Hall–Kier alpha value is -2.14. The molecule has 0 amide bonds. The van der Waals surface area contributed by atoms with Crippen molar-refractivity contribution in [3.8, 4) is 0 Å². The zero-order valence-corrected chi connectivity index (χ0v) is 15.0. The summed E-state index contributed by atoms with van der Waals surface area (Å²) in [6.07, 6.45) is 1.61. The topological polar surface area (TPSA) is 49.7 Å². The lowest BCUT2D eigenvalue weighted by molar-refractivity contribution is 0.491. The van der Waals surface area contributed by atoms with Crippen molar-refractivity contribution >= 4 is 16.2 Å². The highest BCUT2D eigenvalue weighted by molar-refractivity contribution is 7.89. The van der Waals surface area contributed by atoms with Crippen molar-refractivity contribution in [2.75, 3.05) is 7.05 Å². The number of nitrogens with zero attached hydrogens (tertiary/aromatic N) is 2. The van der Waals surface area contributed by atoms with Crippen LogP contribution in [0.1, 0.15) is 27.8 Å². The van der Waals surface area contributed by atoms with Crippen LogP contribution < -0.4 is 0 Å². The molecule has 2 aromatic rings. The second-order valence-corrected chi connectivity index (χ2v) is 7.76. The van der Waals surface area contributed by atoms with Gasteiger partial charge in [0, 0.05) is 12.6 Å². The number of rotatable bonds is 4. The van der Waals surface area contributed by atoms with Gasteiger partial charge < -0.3 is 0 Å². The minimum Gasteiger partial charge on any atom is -0.200 e. The average Bonchev–Trinajstić information content (AvgIpc) is 2.46. The normalized spacial score (nSPS) is 11.9. The molecule has 0 N–H and O–H groups in total. The zero-order chi connectivity index (χ0) is 17.2. The molecular formula is C18H22N2O2S. The number of hydrogen-bond donors (Lipinski definition) is 0. The quantitative estimate of drug-likeness (QED) is 0.635. The molecule has 0 aliphatic carbocycles. The van der Waals surface area contributed by atoms with Gasteiger partial charge in [-0.1, -0.05) is 35.4 Å². The molecule has 0 spiro atoms. The van der Waals surface area contributed by atoms with E-state index in [-0.39, 0.29) is 4.90 Å². The lowest BCUT2D eigenvalue weighted by Gasteiger charge is -2.14. The van der Waals surface area contributed by atoms with Crippen LogP contribution in [0.15, 0.2) is 46.4 Å². The van der Waals surface area contributed by atoms with Crippen molar-refractivity contribution in [2.24, 2.45) is 5.10 Å². The van der Waals surface area contributed by atoms with Crippen molar-refractivity contribution in [2.45, 2.75) is 32.6 Å². The molecule has 0 aliphatic rings. The molecule has 5 heteroatoms. The van der Waals surface area contributed by atoms with E-state index >= 15 is 0 Å². The van der Waals surface area contributed by atoms with Crippen molar-refractivity contribution < 1.29 is 8.42 Å². The van der Waals surface area contributed by atoms with Crippen molar-refractivity contribution in [3.63, 3.8) is 0 Å². The highest BCUT2D eigenvalue weighted by atomic mass is 32.2. The Morgan fingerprint density at radius 2 is 1.43 bits per heavy atom. The summed E-state index contributed by atoms with van der Waals surface area (Å²) in [6.45, 7) is 7.95. The first-order valence-corrected chi connectivity index (χ1v) is 8.83. The van der Waals surface area contributed by atoms with Gasteiger partial charge in [-0.05, 0) is 51.0 Å². The predicted molar refractivity (Wildman–Crippen MR) is 94.4 cm³/mol. The molecule has 0 saturated heterocycles. The molecule has 0 aromatic heterocycles. The van der Waals surface area contributed by atoms with Crippen molar-refractivity contribution in [1.82, 2.24) is 4.41 Å². The second kappa shape index (κ2) is 6.54. The monoisotopic (exact) mass is 330 g/mol. The van der Waals surface area contributed by atoms with Crippen LogP contribution in [0.3, 0.4) is 0 Å². The Bertz CT molecular complexity index is 815. The fourth-order valence-electron chi connectivity index (χ4n) is 2.46. The van der Waals surface area contributed by atoms with E-state index < -0.39 is 10.0 Å². The summed E-state index contributed by atoms with van der Waals surface area (Å²) in [7, 11) is -2.18. The minimum absolute atomic E-state index is 0.236. The van der Waals surface area contributed by atoms with E-state index in [1.807, 2.05) is 27.7 Å². The van der Waals surface area contributed by atoms with Gasteiger partial charge in [0.15, 0.2) is 0 Å². The van der Waals surface area contributed by atoms with Gasteiger partial charge in [0.1, 0.15) is 0 Å². The summed E-state index contributed by atoms with van der Waals surface area (Å²) in [5, 5.41) is 4.14. The second-order valence-electron chi connectivity index (χ2n) is 5.81. The molecule has 2 aromatic carbocycles. The lowest BCUT2D eigenvalue weighted by atomic mass is 10.0. The van der Waals surface area contributed by atoms with Crippen LogP contribution in [-0.4, -0.2) is 26.1 Å². The van der Waals surface area contributed by atoms with Gasteiger partial charge >= 0.3 is 0 Å². The van der Waals surface area contributed by atoms with Gasteiger partial charge in [0.05, 0.1) is 11.1 Å². The third-order valence-corrected chi connectivity index (χ3v) is 5.41. The zero-order valence-electron chi connectivity index (χ0n) is 14.2. The Morgan fingerprint density at radius 3 is 1.96 bits per heavy atom. The van der Waals surface area contributed by atoms with Gasteiger partial charge in [0.2, 0.25) is 0 Å². The van der Waals surface area contributed by atoms with E-state index in [4.69, 9.17) is 0 Å². The van der Waals surface area contributed by atoms with Crippen LogP contribution in [0.2, 0.25) is 0 Å². The summed E-state index contributed by atoms with van der Waals surface area (Å²) in [5.41, 5.74) is 5.29. The lowest BCUT2D eigenvalue weighted by Crippen LogP contribution is -2.22. The average molecular weight is 330 g/mol. The maximum atomic E-state index is 12.5. The molecule has 23 heavy (non-hydrogen) atoms. The first kappa shape index (κ1) is 17.2. The third kappa shape index (κ3) is 3.79. The molecule has 0 saturated carbocycles. The number of benzene rings is 2. The standard InChI is InChI=1S/C18H22N2O2S/c1-13-6-8-17(9-7-13)23(21,22)20(5)19-12-18-15(3)10-14(2)11-16(18)4/h6-12H,1-5H3. The molecule has 0 bridgehead atoms. The summed E-state index contributed by atoms with van der Waals surface area (Å²) in [5.74, 6) is 0. The highest BCUT2D eigenvalue weighted by Crippen LogP contribution is 2.17. The van der Waals surface area contributed by atoms with Gasteiger partial charge in [-0.15, -0.1) is 0 Å². The molecule has 0 radical (unpaired) electrons. The Morgan fingerprint density at radius 1 is 0.913 bits per heavy atom. The Balaban J connectivity index is 2.31. The summed E-state index contributed by atoms with van der Waals surface area (Å²) < 4.78 is 26.0. The SMILES string of the molecule is Cc1ccc(S(=O)(=O)N(C)N=Cc2c(C)cc(C)cc2C)cc1. The maximum Gasteiger partial charge on any atom is 0.278 e. The van der Waals surface area contributed by atoms with Crippen molar-refractivity contribution in [3.05, 3.63) is 64.2 Å². The Kier molecular flexibility index (Phi) is 4.90. The van der Waals surface area contributed by atoms with Crippen LogP contribution in [0.25, 0.3) is 0 Å². The molecule has 0 aliphatic heterocycles. The molecule has 0 heterocycles. The van der Waals surface area contributed by atoms with Gasteiger partial charge in [-0.2, -0.15) is 17.9 Å². The summed E-state index contributed by atoms with van der Waals surface area (Å²) >= 11 is 0. The highest BCUT2D eigenvalue weighted by Gasteiger charge is 2.18. The number of hydrogen-bond acceptors (Lipinski definition) is 3. The number of aryl methyl sites for hydroxylation is 4. The smallest absolute Gasteiger partial charge is 0.200 e. The van der Waals surface area contributed by atoms with E-state index in [0.717, 1.165) is 26.7 Å². The minimum atomic E-state index is -3.62. The van der Waals surface area contributed by atoms with E-state index in [2.05, 4.69) is 17.2 Å². The van der Waals surface area contributed by atoms with Crippen LogP contribution in [0.5, 0.6) is 0 Å². The van der Waals surface area contributed by atoms with Gasteiger partial charge in [0.25, 0.3) is 10.0 Å². The van der Waals surface area contributed by atoms with E-state index in [1.54, 1.807) is 30.5 Å². The van der Waals surface area contributed by atoms with Crippen LogP contribution in [-0.2, 0) is 10.0 Å². The fourth-order valence-corrected chi connectivity index (χ4v) is 3.42. The molecule has 4 nitrogen and oxygen atoms in total. The van der Waals surface area contributed by atoms with Gasteiger partial charge in [-0.3, -0.25) is 0 Å². The molecule has 122 valence electrons. The van der Waals surface area contributed by atoms with Crippen LogP contribution in [0, 0.1) is 27.7 Å². The molecule has 0 fully saturated rings. The van der Waals surface area contributed by atoms with Gasteiger partial charge in [-0.25, -0.2) is 0 Å². The first-order valence-electron chi connectivity index (χ1n) is 7.39. The van der Waals surface area contributed by atoms with E-state index in [0.29, 0.717) is 0 Å². The molecule has 0 atom stereocenters. The summed E-state index contributed by atoms with van der Waals surface area (Å²) in [4.78, 5) is 0.236. The number of hydrazone groups is 1. The molecule has 0 unspecified atom stereocenters. The number of sulfonamides is 1. The Labute approximate surface area is 138 Å². The van der Waals surface area contributed by atoms with Crippen molar-refractivity contribution in [1.29, 1.82) is 0 Å². The first-order chi connectivity index (χ1) is 10.7. The van der Waals surface area contributed by atoms with E-state index in [9.17, 15) is 8.42 Å². The predicted octanol–water partition coefficient (Wildman–Crippen LogP) is 3.57. The summed E-state index contributed by atoms with van der Waals surface area (Å²) in [6, 6.07) is 10.9. The van der Waals surface area contributed by atoms with E-state index in [1.165, 1.54) is 12.6 Å². The fraction of sp³-hybridized carbons (Fsp3) is 0.278. The van der Waals surface area contributed by atoms with Crippen LogP contribution in [0.4, 0.5) is 0 Å². The third-order valence-electron chi connectivity index (χ3n) is 3.75. The van der Waals surface area contributed by atoms with Crippen LogP contribution >= 0.6 is 0 Å². The largest absolute Gasteiger partial charge is 0.278 e.